The lowest BCUT2D eigenvalue weighted by molar-refractivity contribution is -0.0494. The summed E-state index contributed by atoms with van der Waals surface area (Å²) in [6.45, 7) is 0. The van der Waals surface area contributed by atoms with Crippen LogP contribution in [-0.2, 0) is 0 Å². The van der Waals surface area contributed by atoms with E-state index in [-0.39, 0.29) is 17.4 Å². The lowest BCUT2D eigenvalue weighted by Gasteiger charge is -2.55. The molecule has 0 amide bonds. The van der Waals surface area contributed by atoms with Crippen LogP contribution in [0.5, 0.6) is 0 Å². The van der Waals surface area contributed by atoms with Gasteiger partial charge in [0.05, 0.1) is 10.9 Å². The number of carboxylic acid groups (broad SMARTS) is 1. The second kappa shape index (κ2) is 7.98. The van der Waals surface area contributed by atoms with Crippen molar-refractivity contribution < 1.29 is 9.90 Å². The van der Waals surface area contributed by atoms with Gasteiger partial charge in [-0.05, 0) is 68.9 Å². The zero-order valence-corrected chi connectivity index (χ0v) is 18.7. The number of piperidine rings is 2. The third-order valence-corrected chi connectivity index (χ3v) is 8.89. The van der Waals surface area contributed by atoms with Gasteiger partial charge in [0, 0.05) is 24.2 Å². The van der Waals surface area contributed by atoms with Crippen LogP contribution in [0.25, 0.3) is 10.9 Å². The third kappa shape index (κ3) is 3.38. The molecule has 6 heteroatoms. The van der Waals surface area contributed by atoms with Crippen molar-refractivity contribution in [3.63, 3.8) is 0 Å². The highest BCUT2D eigenvalue weighted by molar-refractivity contribution is 5.87. The molecule has 170 valence electrons. The molecule has 6 rings (SSSR count). The van der Waals surface area contributed by atoms with Crippen LogP contribution in [0.3, 0.4) is 0 Å². The Morgan fingerprint density at radius 3 is 2.19 bits per heavy atom. The highest BCUT2D eigenvalue weighted by Crippen LogP contribution is 2.47. The molecular formula is C26H33N3O3. The van der Waals surface area contributed by atoms with Crippen molar-refractivity contribution in [1.29, 1.82) is 0 Å². The Kier molecular flexibility index (Phi) is 5.09. The minimum Gasteiger partial charge on any atom is -0.475 e. The van der Waals surface area contributed by atoms with E-state index in [0.29, 0.717) is 29.0 Å². The number of nitrogens with zero attached hydrogens (tertiary/aromatic N) is 3. The highest BCUT2D eigenvalue weighted by Gasteiger charge is 2.45. The normalized spacial score (nSPS) is 35.0. The second-order valence-electron chi connectivity index (χ2n) is 10.8. The van der Waals surface area contributed by atoms with Gasteiger partial charge in [-0.1, -0.05) is 37.8 Å². The van der Waals surface area contributed by atoms with Crippen LogP contribution >= 0.6 is 0 Å². The molecule has 1 N–H and O–H groups in total. The van der Waals surface area contributed by atoms with Gasteiger partial charge in [0.25, 0.3) is 5.56 Å². The fourth-order valence-electron chi connectivity index (χ4n) is 7.77. The molecule has 1 aromatic carbocycles. The Morgan fingerprint density at radius 2 is 1.50 bits per heavy atom. The van der Waals surface area contributed by atoms with E-state index in [4.69, 9.17) is 0 Å². The average Bonchev–Trinajstić information content (AvgIpc) is 2.78. The van der Waals surface area contributed by atoms with Crippen LogP contribution in [0.15, 0.2) is 29.1 Å². The van der Waals surface area contributed by atoms with Gasteiger partial charge in [0.1, 0.15) is 0 Å². The van der Waals surface area contributed by atoms with Crippen LogP contribution in [0, 0.1) is 11.8 Å². The maximum absolute atomic E-state index is 13.4. The van der Waals surface area contributed by atoms with Crippen molar-refractivity contribution in [2.75, 3.05) is 0 Å². The lowest BCUT2D eigenvalue weighted by Crippen LogP contribution is -2.58. The summed E-state index contributed by atoms with van der Waals surface area (Å²) < 4.78 is 1.53. The Morgan fingerprint density at radius 1 is 0.844 bits per heavy atom. The SMILES string of the molecule is O=C(O)c1nc2ccccc2c(=O)n1[C@H]1C[C@H]2CCC[C@@H](C1)N2[C@H]1C[C@@H]2CCC[C@@H](C2)C1. The van der Waals surface area contributed by atoms with Crippen molar-refractivity contribution >= 4 is 16.9 Å². The van der Waals surface area contributed by atoms with Crippen molar-refractivity contribution in [3.05, 3.63) is 40.4 Å². The van der Waals surface area contributed by atoms with E-state index in [1.54, 1.807) is 18.2 Å². The van der Waals surface area contributed by atoms with Crippen LogP contribution in [0.1, 0.15) is 87.3 Å². The second-order valence-corrected chi connectivity index (χ2v) is 10.8. The summed E-state index contributed by atoms with van der Waals surface area (Å²) in [5.74, 6) is 0.590. The van der Waals surface area contributed by atoms with E-state index in [0.717, 1.165) is 37.5 Å². The quantitative estimate of drug-likeness (QED) is 0.761. The molecule has 6 nitrogen and oxygen atoms in total. The summed E-state index contributed by atoms with van der Waals surface area (Å²) in [4.78, 5) is 32.8. The van der Waals surface area contributed by atoms with E-state index in [2.05, 4.69) is 9.88 Å². The van der Waals surface area contributed by atoms with Crippen LogP contribution in [0.2, 0.25) is 0 Å². The molecule has 32 heavy (non-hydrogen) atoms. The number of hydrogen-bond acceptors (Lipinski definition) is 4. The zero-order valence-electron chi connectivity index (χ0n) is 18.7. The van der Waals surface area contributed by atoms with E-state index < -0.39 is 5.97 Å². The minimum atomic E-state index is -1.11. The summed E-state index contributed by atoms with van der Waals surface area (Å²) in [6.07, 6.45) is 13.6. The number of rotatable bonds is 3. The molecule has 4 bridgehead atoms. The number of aromatic carboxylic acids is 1. The van der Waals surface area contributed by atoms with Gasteiger partial charge in [0.2, 0.25) is 5.82 Å². The first kappa shape index (κ1) is 20.4. The highest BCUT2D eigenvalue weighted by atomic mass is 16.4. The molecule has 2 saturated heterocycles. The van der Waals surface area contributed by atoms with Gasteiger partial charge in [-0.2, -0.15) is 0 Å². The number of para-hydroxylation sites is 1. The van der Waals surface area contributed by atoms with Crippen molar-refractivity contribution in [2.45, 2.75) is 94.8 Å². The molecule has 2 aliphatic carbocycles. The molecule has 1 aromatic heterocycles. The predicted molar refractivity (Wildman–Crippen MR) is 123 cm³/mol. The molecule has 2 saturated carbocycles. The molecule has 0 unspecified atom stereocenters. The maximum Gasteiger partial charge on any atom is 0.372 e. The minimum absolute atomic E-state index is 0.0830. The largest absolute Gasteiger partial charge is 0.475 e. The topological polar surface area (TPSA) is 75.4 Å². The van der Waals surface area contributed by atoms with Crippen molar-refractivity contribution in [3.8, 4) is 0 Å². The van der Waals surface area contributed by atoms with Gasteiger partial charge in [0.15, 0.2) is 0 Å². The van der Waals surface area contributed by atoms with Crippen molar-refractivity contribution in [2.24, 2.45) is 11.8 Å². The number of benzene rings is 1. The smallest absolute Gasteiger partial charge is 0.372 e. The molecule has 3 heterocycles. The summed E-state index contributed by atoms with van der Waals surface area (Å²) >= 11 is 0. The first-order chi connectivity index (χ1) is 15.6. The predicted octanol–water partition coefficient (Wildman–Crippen LogP) is 4.62. The average molecular weight is 436 g/mol. The summed E-state index contributed by atoms with van der Waals surface area (Å²) in [5, 5.41) is 10.4. The zero-order chi connectivity index (χ0) is 21.8. The van der Waals surface area contributed by atoms with Crippen LogP contribution in [0.4, 0.5) is 0 Å². The maximum atomic E-state index is 13.4. The Hall–Kier alpha value is -2.21. The first-order valence-electron chi connectivity index (χ1n) is 12.6. The number of fused-ring (bicyclic) bond motifs is 5. The summed E-state index contributed by atoms with van der Waals surface area (Å²) in [6, 6.07) is 8.63. The van der Waals surface area contributed by atoms with Gasteiger partial charge in [-0.3, -0.25) is 14.3 Å². The first-order valence-corrected chi connectivity index (χ1v) is 12.6. The molecule has 2 aliphatic heterocycles. The Labute approximate surface area is 188 Å². The fraction of sp³-hybridized carbons (Fsp3) is 0.654. The number of carboxylic acids is 1. The molecule has 0 radical (unpaired) electrons. The fourth-order valence-corrected chi connectivity index (χ4v) is 7.77. The summed E-state index contributed by atoms with van der Waals surface area (Å²) in [7, 11) is 0. The monoisotopic (exact) mass is 435 g/mol. The van der Waals surface area contributed by atoms with Gasteiger partial charge < -0.3 is 5.11 Å². The number of carbonyl (C=O) groups is 1. The van der Waals surface area contributed by atoms with E-state index in [9.17, 15) is 14.7 Å². The van der Waals surface area contributed by atoms with Gasteiger partial charge >= 0.3 is 5.97 Å². The Balaban J connectivity index is 1.34. The molecule has 6 atom stereocenters. The van der Waals surface area contributed by atoms with Gasteiger partial charge in [-0.15, -0.1) is 0 Å². The summed E-state index contributed by atoms with van der Waals surface area (Å²) in [5.41, 5.74) is 0.272. The van der Waals surface area contributed by atoms with Crippen LogP contribution in [-0.4, -0.2) is 43.7 Å². The molecule has 4 fully saturated rings. The van der Waals surface area contributed by atoms with E-state index in [1.165, 1.54) is 49.5 Å². The van der Waals surface area contributed by atoms with Gasteiger partial charge in [-0.25, -0.2) is 9.78 Å². The molecule has 0 spiro atoms. The number of aromatic nitrogens is 2. The molecule has 2 aromatic rings. The number of hydrogen-bond donors (Lipinski definition) is 1. The third-order valence-electron chi connectivity index (χ3n) is 8.89. The molecule has 4 aliphatic rings. The standard InChI is InChI=1S/C26H33N3O3/c30-25-22-9-1-2-10-23(22)27-24(26(31)32)29(25)21-14-18-7-4-8-19(15-21)28(18)20-12-16-5-3-6-17(11-16)13-20/h1-2,9-10,16-21H,3-8,11-15H2,(H,31,32)/t16-,17+,18-,19+,20+,21+. The Bertz CT molecular complexity index is 1070. The lowest BCUT2D eigenvalue weighted by atomic mass is 9.68. The van der Waals surface area contributed by atoms with Crippen molar-refractivity contribution in [1.82, 2.24) is 14.5 Å². The van der Waals surface area contributed by atoms with E-state index >= 15 is 0 Å². The van der Waals surface area contributed by atoms with E-state index in [1.807, 2.05) is 6.07 Å². The van der Waals surface area contributed by atoms with Crippen LogP contribution < -0.4 is 5.56 Å². The molecular weight excluding hydrogens is 402 g/mol.